The molecule has 1 aliphatic carbocycles. The summed E-state index contributed by atoms with van der Waals surface area (Å²) in [6, 6.07) is 2.38. The fourth-order valence-electron chi connectivity index (χ4n) is 2.04. The van der Waals surface area contributed by atoms with Gasteiger partial charge in [-0.3, -0.25) is 4.79 Å². The van der Waals surface area contributed by atoms with Crippen LogP contribution in [-0.2, 0) is 17.6 Å². The van der Waals surface area contributed by atoms with Gasteiger partial charge in [0.1, 0.15) is 0 Å². The lowest BCUT2D eigenvalue weighted by Crippen LogP contribution is -2.26. The number of fused-ring (bicyclic) bond motifs is 1. The molecule has 0 radical (unpaired) electrons. The smallest absolute Gasteiger partial charge is 0.224 e. The second kappa shape index (κ2) is 7.77. The molecule has 102 valence electrons. The predicted octanol–water partition coefficient (Wildman–Crippen LogP) is 3.16. The Hall–Kier alpha value is -0.580. The van der Waals surface area contributed by atoms with Crippen LogP contribution < -0.4 is 11.1 Å². The molecule has 18 heavy (non-hydrogen) atoms. The van der Waals surface area contributed by atoms with Crippen LogP contribution in [0.1, 0.15) is 36.6 Å². The van der Waals surface area contributed by atoms with E-state index in [1.54, 1.807) is 11.3 Å². The number of nitrogens with one attached hydrogen (secondary N) is 1. The maximum Gasteiger partial charge on any atom is 0.224 e. The van der Waals surface area contributed by atoms with Crippen molar-refractivity contribution < 1.29 is 4.79 Å². The predicted molar refractivity (Wildman–Crippen MR) is 79.6 cm³/mol. The molecular formula is C13H21ClN2OS. The molecule has 5 heteroatoms. The molecule has 1 unspecified atom stereocenters. The zero-order chi connectivity index (χ0) is 13.5. The highest BCUT2D eigenvalue weighted by molar-refractivity contribution is 7.16. The maximum atomic E-state index is 11.5. The third kappa shape index (κ3) is 4.26. The van der Waals surface area contributed by atoms with E-state index in [0.717, 1.165) is 30.7 Å². The zero-order valence-corrected chi connectivity index (χ0v) is 12.5. The number of aryl methyl sites for hydroxylation is 1. The molecule has 3 N–H and O–H groups in total. The average Bonchev–Trinajstić information content (AvgIpc) is 2.73. The number of halogens is 1. The van der Waals surface area contributed by atoms with Gasteiger partial charge in [0.15, 0.2) is 0 Å². The lowest BCUT2D eigenvalue weighted by molar-refractivity contribution is -0.116. The summed E-state index contributed by atoms with van der Waals surface area (Å²) in [5.41, 5.74) is 7.25. The van der Waals surface area contributed by atoms with Gasteiger partial charge in [0, 0.05) is 23.7 Å². The number of carbonyl (C=O) groups excluding carboxylic acids is 1. The molecule has 0 fully saturated rings. The van der Waals surface area contributed by atoms with E-state index in [0.29, 0.717) is 12.5 Å². The van der Waals surface area contributed by atoms with Gasteiger partial charge in [0.05, 0.1) is 5.00 Å². The number of anilines is 1. The van der Waals surface area contributed by atoms with Crippen LogP contribution in [0.15, 0.2) is 6.07 Å². The van der Waals surface area contributed by atoms with Gasteiger partial charge in [-0.05, 0) is 37.3 Å². The highest BCUT2D eigenvalue weighted by Gasteiger charge is 2.18. The van der Waals surface area contributed by atoms with E-state index in [2.05, 4.69) is 23.0 Å². The molecule has 3 nitrogen and oxygen atoms in total. The molecule has 1 aliphatic rings. The largest absolute Gasteiger partial charge is 0.327 e. The number of hydrogen-bond donors (Lipinski definition) is 2. The summed E-state index contributed by atoms with van der Waals surface area (Å²) in [6.45, 7) is 2.01. The van der Waals surface area contributed by atoms with Crippen LogP contribution in [-0.4, -0.2) is 18.3 Å². The van der Waals surface area contributed by atoms with Gasteiger partial charge in [-0.15, -0.1) is 22.9 Å². The topological polar surface area (TPSA) is 55.1 Å². The van der Waals surface area contributed by atoms with Crippen molar-refractivity contribution in [3.05, 3.63) is 16.5 Å². The second-order valence-electron chi connectivity index (χ2n) is 4.36. The first-order valence-electron chi connectivity index (χ1n) is 6.24. The standard InChI is InChI=1S/C12H18N2OS.CH3Cl/c1-2-3-11(15)14-12-7-8-6-9(13)4-5-10(8)16-12;1-2/h7,9H,2-6,13H2,1H3,(H,14,15);1H3. The minimum absolute atomic E-state index is 0.116. The molecule has 0 spiro atoms. The number of thiophene rings is 1. The van der Waals surface area contributed by atoms with E-state index in [1.807, 2.05) is 6.92 Å². The lowest BCUT2D eigenvalue weighted by atomic mass is 9.95. The molecule has 2 rings (SSSR count). The van der Waals surface area contributed by atoms with E-state index in [9.17, 15) is 4.79 Å². The van der Waals surface area contributed by atoms with Crippen molar-refractivity contribution in [3.63, 3.8) is 0 Å². The minimum Gasteiger partial charge on any atom is -0.327 e. The van der Waals surface area contributed by atoms with E-state index in [4.69, 9.17) is 5.73 Å². The van der Waals surface area contributed by atoms with Gasteiger partial charge in [0.25, 0.3) is 0 Å². The quantitative estimate of drug-likeness (QED) is 0.840. The van der Waals surface area contributed by atoms with Gasteiger partial charge >= 0.3 is 0 Å². The summed E-state index contributed by atoms with van der Waals surface area (Å²) in [7, 11) is 0. The third-order valence-electron chi connectivity index (χ3n) is 2.86. The highest BCUT2D eigenvalue weighted by Crippen LogP contribution is 2.32. The first-order chi connectivity index (χ1) is 8.69. The number of carbonyl (C=O) groups is 1. The number of amides is 1. The Bertz CT molecular complexity index is 392. The van der Waals surface area contributed by atoms with E-state index >= 15 is 0 Å². The van der Waals surface area contributed by atoms with Crippen molar-refractivity contribution in [3.8, 4) is 0 Å². The number of alkyl halides is 1. The lowest BCUT2D eigenvalue weighted by Gasteiger charge is -2.16. The Kier molecular flexibility index (Phi) is 6.68. The van der Waals surface area contributed by atoms with Crippen molar-refractivity contribution in [1.29, 1.82) is 0 Å². The Morgan fingerprint density at radius 2 is 2.33 bits per heavy atom. The molecule has 0 saturated heterocycles. The van der Waals surface area contributed by atoms with Crippen LogP contribution in [0.2, 0.25) is 0 Å². The molecule has 0 aromatic carbocycles. The van der Waals surface area contributed by atoms with E-state index < -0.39 is 0 Å². The average molecular weight is 289 g/mol. The Balaban J connectivity index is 0.000000771. The SMILES string of the molecule is CCCC(=O)Nc1cc2c(s1)CCC(N)C2.CCl. The molecule has 1 aromatic rings. The van der Waals surface area contributed by atoms with Crippen LogP contribution in [0.5, 0.6) is 0 Å². The van der Waals surface area contributed by atoms with E-state index in [-0.39, 0.29) is 5.91 Å². The van der Waals surface area contributed by atoms with Crippen LogP contribution in [0, 0.1) is 0 Å². The normalized spacial score (nSPS) is 17.4. The fraction of sp³-hybridized carbons (Fsp3) is 0.615. The molecule has 1 aromatic heterocycles. The monoisotopic (exact) mass is 288 g/mol. The number of rotatable bonds is 3. The van der Waals surface area contributed by atoms with Crippen molar-refractivity contribution >= 4 is 33.8 Å². The molecule has 1 heterocycles. The fourth-order valence-corrected chi connectivity index (χ4v) is 3.17. The molecule has 0 saturated carbocycles. The summed E-state index contributed by atoms with van der Waals surface area (Å²) < 4.78 is 0. The van der Waals surface area contributed by atoms with Crippen molar-refractivity contribution in [2.45, 2.75) is 45.1 Å². The van der Waals surface area contributed by atoms with Gasteiger partial charge in [0.2, 0.25) is 5.91 Å². The van der Waals surface area contributed by atoms with Gasteiger partial charge < -0.3 is 11.1 Å². The molecule has 0 bridgehead atoms. The summed E-state index contributed by atoms with van der Waals surface area (Å²) in [5, 5.41) is 3.94. The zero-order valence-electron chi connectivity index (χ0n) is 11.0. The summed E-state index contributed by atoms with van der Waals surface area (Å²) >= 11 is 6.34. The van der Waals surface area contributed by atoms with Crippen LogP contribution in [0.25, 0.3) is 0 Å². The molecular weight excluding hydrogens is 268 g/mol. The van der Waals surface area contributed by atoms with Gasteiger partial charge in [-0.1, -0.05) is 6.92 Å². The summed E-state index contributed by atoms with van der Waals surface area (Å²) in [5.74, 6) is 0.116. The third-order valence-corrected chi connectivity index (χ3v) is 4.01. The van der Waals surface area contributed by atoms with Gasteiger partial charge in [-0.2, -0.15) is 0 Å². The number of nitrogens with two attached hydrogens (primary N) is 1. The second-order valence-corrected chi connectivity index (χ2v) is 5.50. The van der Waals surface area contributed by atoms with E-state index in [1.165, 1.54) is 16.8 Å². The van der Waals surface area contributed by atoms with Crippen molar-refractivity contribution in [1.82, 2.24) is 0 Å². The molecule has 1 amide bonds. The Morgan fingerprint density at radius 1 is 1.61 bits per heavy atom. The van der Waals surface area contributed by atoms with Crippen LogP contribution in [0.4, 0.5) is 5.00 Å². The molecule has 0 aliphatic heterocycles. The summed E-state index contributed by atoms with van der Waals surface area (Å²) in [4.78, 5) is 12.9. The highest BCUT2D eigenvalue weighted by atomic mass is 35.5. The maximum absolute atomic E-state index is 11.5. The van der Waals surface area contributed by atoms with Crippen molar-refractivity contribution in [2.24, 2.45) is 5.73 Å². The Morgan fingerprint density at radius 3 is 3.00 bits per heavy atom. The van der Waals surface area contributed by atoms with Crippen LogP contribution >= 0.6 is 22.9 Å². The number of hydrogen-bond acceptors (Lipinski definition) is 3. The van der Waals surface area contributed by atoms with Crippen LogP contribution in [0.3, 0.4) is 0 Å². The molecule has 1 atom stereocenters. The minimum atomic E-state index is 0.116. The van der Waals surface area contributed by atoms with Gasteiger partial charge in [-0.25, -0.2) is 0 Å². The first-order valence-corrected chi connectivity index (χ1v) is 7.81. The summed E-state index contributed by atoms with van der Waals surface area (Å²) in [6.07, 6.45) is 6.04. The van der Waals surface area contributed by atoms with Crippen molar-refractivity contribution in [2.75, 3.05) is 11.7 Å². The first kappa shape index (κ1) is 15.5. The Labute approximate surface area is 118 Å².